The molecule has 4 heteroatoms. The van der Waals surface area contributed by atoms with E-state index in [1.54, 1.807) is 11.3 Å². The summed E-state index contributed by atoms with van der Waals surface area (Å²) in [5, 5.41) is 1.23. The molecule has 4 rings (SSSR count). The molecule has 0 radical (unpaired) electrons. The first-order chi connectivity index (χ1) is 13.3. The molecular formula is C23H21NO2S. The molecule has 27 heavy (non-hydrogen) atoms. The van der Waals surface area contributed by atoms with Crippen molar-refractivity contribution in [2.24, 2.45) is 5.73 Å². The Hall–Kier alpha value is -2.82. The van der Waals surface area contributed by atoms with Crippen molar-refractivity contribution in [3.05, 3.63) is 84.4 Å². The Labute approximate surface area is 163 Å². The first-order valence-electron chi connectivity index (χ1n) is 8.95. The highest BCUT2D eigenvalue weighted by atomic mass is 32.1. The summed E-state index contributed by atoms with van der Waals surface area (Å²) in [4.78, 5) is 1.23. The Balaban J connectivity index is 1.50. The van der Waals surface area contributed by atoms with Crippen LogP contribution in [0.2, 0.25) is 0 Å². The Morgan fingerprint density at radius 2 is 1.56 bits per heavy atom. The van der Waals surface area contributed by atoms with E-state index < -0.39 is 0 Å². The molecule has 3 nitrogen and oxygen atoms in total. The minimum Gasteiger partial charge on any atom is -0.492 e. The first-order valence-corrected chi connectivity index (χ1v) is 9.77. The second-order valence-corrected chi connectivity index (χ2v) is 7.33. The van der Waals surface area contributed by atoms with Crippen molar-refractivity contribution in [2.45, 2.75) is 6.61 Å². The maximum atomic E-state index is 5.95. The molecule has 0 saturated heterocycles. The molecule has 136 valence electrons. The molecule has 0 bridgehead atoms. The van der Waals surface area contributed by atoms with Gasteiger partial charge in [0.05, 0.1) is 0 Å². The van der Waals surface area contributed by atoms with Crippen LogP contribution >= 0.6 is 11.3 Å². The highest BCUT2D eigenvalue weighted by Gasteiger charge is 2.06. The number of ether oxygens (including phenoxy) is 2. The summed E-state index contributed by atoms with van der Waals surface area (Å²) in [5.41, 5.74) is 7.82. The topological polar surface area (TPSA) is 44.5 Å². The molecule has 0 aliphatic heterocycles. The number of benzene rings is 3. The smallest absolute Gasteiger partial charge is 0.121 e. The standard InChI is InChI=1S/C23H21NO2S/c24-12-13-25-20-9-6-18(7-10-20)22-14-19-8-11-21(15-23(19)27-22)26-16-17-4-2-1-3-5-17/h1-11,14-15H,12-13,16,24H2. The Morgan fingerprint density at radius 3 is 2.33 bits per heavy atom. The number of nitrogens with two attached hydrogens (primary N) is 1. The molecule has 0 fully saturated rings. The van der Waals surface area contributed by atoms with E-state index in [1.807, 2.05) is 36.4 Å². The summed E-state index contributed by atoms with van der Waals surface area (Å²) in [6.07, 6.45) is 0. The molecule has 2 N–H and O–H groups in total. The number of thiophene rings is 1. The number of hydrogen-bond donors (Lipinski definition) is 1. The van der Waals surface area contributed by atoms with Gasteiger partial charge in [0, 0.05) is 16.1 Å². The molecule has 4 aromatic rings. The van der Waals surface area contributed by atoms with Crippen molar-refractivity contribution >= 4 is 21.4 Å². The van der Waals surface area contributed by atoms with Gasteiger partial charge in [-0.3, -0.25) is 0 Å². The van der Waals surface area contributed by atoms with E-state index in [9.17, 15) is 0 Å². The minimum atomic E-state index is 0.521. The van der Waals surface area contributed by atoms with Gasteiger partial charge in [-0.1, -0.05) is 30.3 Å². The molecule has 3 aromatic carbocycles. The molecule has 0 aliphatic carbocycles. The summed E-state index contributed by atoms with van der Waals surface area (Å²) in [5.74, 6) is 1.74. The van der Waals surface area contributed by atoms with Crippen LogP contribution in [-0.2, 0) is 6.61 Å². The van der Waals surface area contributed by atoms with Gasteiger partial charge in [0.2, 0.25) is 0 Å². The SMILES string of the molecule is NCCOc1ccc(-c2cc3ccc(OCc4ccccc4)cc3s2)cc1. The average molecular weight is 375 g/mol. The van der Waals surface area contributed by atoms with Crippen LogP contribution in [0.1, 0.15) is 5.56 Å². The highest BCUT2D eigenvalue weighted by Crippen LogP contribution is 2.36. The van der Waals surface area contributed by atoms with Gasteiger partial charge in [0.15, 0.2) is 0 Å². The lowest BCUT2D eigenvalue weighted by Crippen LogP contribution is -2.10. The van der Waals surface area contributed by atoms with Crippen LogP contribution in [0.3, 0.4) is 0 Å². The van der Waals surface area contributed by atoms with Gasteiger partial charge in [-0.05, 0) is 65.0 Å². The maximum Gasteiger partial charge on any atom is 0.121 e. The van der Waals surface area contributed by atoms with Gasteiger partial charge < -0.3 is 15.2 Å². The molecule has 0 amide bonds. The quantitative estimate of drug-likeness (QED) is 0.465. The summed E-state index contributed by atoms with van der Waals surface area (Å²) in [6, 6.07) is 26.9. The fraction of sp³-hybridized carbons (Fsp3) is 0.130. The largest absolute Gasteiger partial charge is 0.492 e. The van der Waals surface area contributed by atoms with Crippen LogP contribution in [0.5, 0.6) is 11.5 Å². The molecule has 0 atom stereocenters. The summed E-state index contributed by atoms with van der Waals surface area (Å²) >= 11 is 1.77. The molecular weight excluding hydrogens is 354 g/mol. The van der Waals surface area contributed by atoms with Crippen molar-refractivity contribution in [1.82, 2.24) is 0 Å². The van der Waals surface area contributed by atoms with E-state index in [0.717, 1.165) is 11.5 Å². The van der Waals surface area contributed by atoms with Gasteiger partial charge in [-0.15, -0.1) is 11.3 Å². The van der Waals surface area contributed by atoms with E-state index >= 15 is 0 Å². The van der Waals surface area contributed by atoms with Crippen LogP contribution in [0.15, 0.2) is 78.9 Å². The zero-order valence-electron chi connectivity index (χ0n) is 14.9. The monoisotopic (exact) mass is 375 g/mol. The van der Waals surface area contributed by atoms with Gasteiger partial charge in [0.1, 0.15) is 24.7 Å². The highest BCUT2D eigenvalue weighted by molar-refractivity contribution is 7.22. The van der Waals surface area contributed by atoms with Crippen LogP contribution in [0.4, 0.5) is 0 Å². The lowest BCUT2D eigenvalue weighted by atomic mass is 10.1. The zero-order valence-corrected chi connectivity index (χ0v) is 15.7. The Bertz CT molecular complexity index is 1010. The molecule has 1 aromatic heterocycles. The Morgan fingerprint density at radius 1 is 0.778 bits per heavy atom. The van der Waals surface area contributed by atoms with Gasteiger partial charge in [-0.2, -0.15) is 0 Å². The predicted molar refractivity (Wildman–Crippen MR) is 113 cm³/mol. The van der Waals surface area contributed by atoms with E-state index in [0.29, 0.717) is 19.8 Å². The normalized spacial score (nSPS) is 10.9. The van der Waals surface area contributed by atoms with Crippen molar-refractivity contribution < 1.29 is 9.47 Å². The van der Waals surface area contributed by atoms with E-state index in [2.05, 4.69) is 42.5 Å². The third-order valence-electron chi connectivity index (χ3n) is 4.27. The van der Waals surface area contributed by atoms with Gasteiger partial charge >= 0.3 is 0 Å². The number of hydrogen-bond acceptors (Lipinski definition) is 4. The zero-order chi connectivity index (χ0) is 18.5. The van der Waals surface area contributed by atoms with Gasteiger partial charge in [-0.25, -0.2) is 0 Å². The summed E-state index contributed by atoms with van der Waals surface area (Å²) in [6.45, 7) is 1.63. The summed E-state index contributed by atoms with van der Waals surface area (Å²) in [7, 11) is 0. The second kappa shape index (κ2) is 8.25. The lowest BCUT2D eigenvalue weighted by molar-refractivity contribution is 0.306. The second-order valence-electron chi connectivity index (χ2n) is 6.25. The molecule has 0 saturated carbocycles. The van der Waals surface area contributed by atoms with Crippen LogP contribution < -0.4 is 15.2 Å². The van der Waals surface area contributed by atoms with E-state index in [-0.39, 0.29) is 0 Å². The fourth-order valence-electron chi connectivity index (χ4n) is 2.88. The van der Waals surface area contributed by atoms with Crippen molar-refractivity contribution in [1.29, 1.82) is 0 Å². The van der Waals surface area contributed by atoms with E-state index in [1.165, 1.54) is 26.1 Å². The van der Waals surface area contributed by atoms with Gasteiger partial charge in [0.25, 0.3) is 0 Å². The minimum absolute atomic E-state index is 0.521. The lowest BCUT2D eigenvalue weighted by Gasteiger charge is -2.06. The van der Waals surface area contributed by atoms with Crippen molar-refractivity contribution in [2.75, 3.05) is 13.2 Å². The van der Waals surface area contributed by atoms with Crippen molar-refractivity contribution in [3.8, 4) is 21.9 Å². The molecule has 1 heterocycles. The predicted octanol–water partition coefficient (Wildman–Crippen LogP) is 5.48. The summed E-state index contributed by atoms with van der Waals surface area (Å²) < 4.78 is 12.7. The van der Waals surface area contributed by atoms with Crippen LogP contribution in [0.25, 0.3) is 20.5 Å². The van der Waals surface area contributed by atoms with Crippen LogP contribution in [0, 0.1) is 0 Å². The maximum absolute atomic E-state index is 5.95. The van der Waals surface area contributed by atoms with E-state index in [4.69, 9.17) is 15.2 Å². The molecule has 0 aliphatic rings. The Kier molecular flexibility index (Phi) is 5.37. The number of rotatable bonds is 7. The fourth-order valence-corrected chi connectivity index (χ4v) is 3.97. The van der Waals surface area contributed by atoms with Crippen molar-refractivity contribution in [3.63, 3.8) is 0 Å². The van der Waals surface area contributed by atoms with Crippen LogP contribution in [-0.4, -0.2) is 13.2 Å². The molecule has 0 unspecified atom stereocenters. The first kappa shape index (κ1) is 17.6. The average Bonchev–Trinajstić information content (AvgIpc) is 3.15. The third kappa shape index (κ3) is 4.30. The molecule has 0 spiro atoms. The third-order valence-corrected chi connectivity index (χ3v) is 5.41. The number of fused-ring (bicyclic) bond motifs is 1.